The maximum atomic E-state index is 13.7. The van der Waals surface area contributed by atoms with Gasteiger partial charge in [0, 0.05) is 61.5 Å². The van der Waals surface area contributed by atoms with E-state index in [4.69, 9.17) is 9.47 Å². The summed E-state index contributed by atoms with van der Waals surface area (Å²) in [5.41, 5.74) is 5.15. The van der Waals surface area contributed by atoms with Crippen molar-refractivity contribution in [2.24, 2.45) is 16.2 Å². The number of aromatic amines is 1. The van der Waals surface area contributed by atoms with E-state index in [1.54, 1.807) is 23.4 Å². The number of rotatable bonds is 8. The number of aromatic nitrogens is 2. The molecular formula is C35H40F2N4O3. The van der Waals surface area contributed by atoms with Crippen LogP contribution in [0.2, 0.25) is 0 Å². The highest BCUT2D eigenvalue weighted by Crippen LogP contribution is 2.80. The minimum Gasteiger partial charge on any atom is -0.465 e. The molecule has 1 N–H and O–H groups in total. The fraction of sp³-hybridized carbons (Fsp3) is 0.543. The maximum Gasteiger partial charge on any atom is 0.341 e. The Morgan fingerprint density at radius 2 is 1.86 bits per heavy atom. The molecule has 1 aliphatic heterocycles. The number of pyridine rings is 1. The predicted octanol–water partition coefficient (Wildman–Crippen LogP) is 7.35. The van der Waals surface area contributed by atoms with Crippen LogP contribution in [0.4, 0.5) is 14.5 Å². The molecule has 0 radical (unpaired) electrons. The Labute approximate surface area is 256 Å². The van der Waals surface area contributed by atoms with Gasteiger partial charge in [-0.05, 0) is 86.5 Å². The summed E-state index contributed by atoms with van der Waals surface area (Å²) >= 11 is 0. The molecule has 0 atom stereocenters. The highest BCUT2D eigenvalue weighted by molar-refractivity contribution is 5.93. The van der Waals surface area contributed by atoms with E-state index in [2.05, 4.69) is 19.8 Å². The van der Waals surface area contributed by atoms with Gasteiger partial charge in [-0.25, -0.2) is 18.6 Å². The zero-order valence-corrected chi connectivity index (χ0v) is 25.3. The molecule has 5 fully saturated rings. The molecule has 5 aliphatic carbocycles. The van der Waals surface area contributed by atoms with Gasteiger partial charge in [0.1, 0.15) is 22.7 Å². The number of hydrogen-bond acceptors (Lipinski definition) is 6. The van der Waals surface area contributed by atoms with Crippen molar-refractivity contribution in [2.75, 3.05) is 44.7 Å². The number of methoxy groups -OCH3 is 1. The summed E-state index contributed by atoms with van der Waals surface area (Å²) in [6, 6.07) is 9.48. The molecule has 2 aromatic heterocycles. The molecule has 0 amide bonds. The molecule has 1 saturated heterocycles. The summed E-state index contributed by atoms with van der Waals surface area (Å²) < 4.78 is 38.7. The average molecular weight is 603 g/mol. The molecule has 1 spiro atoms. The van der Waals surface area contributed by atoms with Gasteiger partial charge < -0.3 is 19.4 Å². The monoisotopic (exact) mass is 602 g/mol. The number of carbonyl (C=O) groups is 1. The van der Waals surface area contributed by atoms with Gasteiger partial charge in [0.2, 0.25) is 6.43 Å². The smallest absolute Gasteiger partial charge is 0.341 e. The summed E-state index contributed by atoms with van der Waals surface area (Å²) in [4.78, 5) is 25.0. The number of esters is 1. The van der Waals surface area contributed by atoms with Gasteiger partial charge >= 0.3 is 5.97 Å². The number of carbonyl (C=O) groups excluding carboxylic acids is 1. The lowest BCUT2D eigenvalue weighted by atomic mass is 9.31. The number of alkyl halides is 2. The number of nitrogens with one attached hydrogen (secondary N) is 1. The largest absolute Gasteiger partial charge is 0.465 e. The molecule has 2 bridgehead atoms. The Morgan fingerprint density at radius 1 is 1.07 bits per heavy atom. The molecule has 44 heavy (non-hydrogen) atoms. The molecule has 232 valence electrons. The van der Waals surface area contributed by atoms with Gasteiger partial charge in [-0.1, -0.05) is 17.6 Å². The van der Waals surface area contributed by atoms with Crippen LogP contribution >= 0.6 is 0 Å². The number of piperazine rings is 1. The van der Waals surface area contributed by atoms with Crippen molar-refractivity contribution in [1.29, 1.82) is 0 Å². The number of halogens is 2. The molecule has 4 saturated carbocycles. The Balaban J connectivity index is 0.970. The summed E-state index contributed by atoms with van der Waals surface area (Å²) in [6.45, 7) is 4.55. The lowest BCUT2D eigenvalue weighted by molar-refractivity contribution is -0.250. The average Bonchev–Trinajstić information content (AvgIpc) is 3.44. The Morgan fingerprint density at radius 3 is 2.57 bits per heavy atom. The van der Waals surface area contributed by atoms with Gasteiger partial charge in [-0.2, -0.15) is 0 Å². The number of ether oxygens (including phenoxy) is 2. The van der Waals surface area contributed by atoms with Crippen molar-refractivity contribution in [3.63, 3.8) is 0 Å². The summed E-state index contributed by atoms with van der Waals surface area (Å²) in [5.74, 6) is 0.540. The van der Waals surface area contributed by atoms with Crippen LogP contribution in [0.25, 0.3) is 11.0 Å². The Kier molecular flexibility index (Phi) is 6.56. The molecule has 6 aliphatic rings. The second-order valence-electron chi connectivity index (χ2n) is 14.2. The molecule has 0 unspecified atom stereocenters. The molecule has 9 rings (SSSR count). The van der Waals surface area contributed by atoms with Crippen molar-refractivity contribution in [2.45, 2.75) is 64.2 Å². The van der Waals surface area contributed by atoms with E-state index in [0.717, 1.165) is 62.3 Å². The third-order valence-electron chi connectivity index (χ3n) is 11.6. The molecule has 9 heteroatoms. The van der Waals surface area contributed by atoms with Gasteiger partial charge in [0.05, 0.1) is 13.3 Å². The number of benzene rings is 1. The quantitative estimate of drug-likeness (QED) is 0.215. The van der Waals surface area contributed by atoms with E-state index in [-0.39, 0.29) is 5.41 Å². The predicted molar refractivity (Wildman–Crippen MR) is 164 cm³/mol. The van der Waals surface area contributed by atoms with Crippen LogP contribution in [0.3, 0.4) is 0 Å². The van der Waals surface area contributed by atoms with Crippen LogP contribution in [0.15, 0.2) is 53.9 Å². The zero-order chi connectivity index (χ0) is 30.1. The third-order valence-corrected chi connectivity index (χ3v) is 11.6. The topological polar surface area (TPSA) is 70.7 Å². The SMILES string of the molecule is COC(=O)c1ccc(N2CCN(CC3=C(C45CC(C(F)F)(C4)C5)CC4(CCC4)CC3)CC2)cc1Oc1cnc2[nH]ccc2c1. The van der Waals surface area contributed by atoms with Crippen molar-refractivity contribution in [3.05, 3.63) is 59.4 Å². The molecule has 1 aromatic carbocycles. The number of hydrogen-bond donors (Lipinski definition) is 1. The fourth-order valence-corrected chi connectivity index (χ4v) is 9.02. The highest BCUT2D eigenvalue weighted by Gasteiger charge is 2.73. The summed E-state index contributed by atoms with van der Waals surface area (Å²) in [5, 5.41) is 0.927. The molecule has 3 heterocycles. The fourth-order valence-electron chi connectivity index (χ4n) is 9.02. The summed E-state index contributed by atoms with van der Waals surface area (Å²) in [7, 11) is 1.37. The van der Waals surface area contributed by atoms with E-state index < -0.39 is 17.8 Å². The number of allylic oxidation sites excluding steroid dienone is 1. The highest BCUT2D eigenvalue weighted by atomic mass is 19.3. The molecule has 7 nitrogen and oxygen atoms in total. The minimum absolute atomic E-state index is 0.0789. The van der Waals surface area contributed by atoms with Crippen LogP contribution in [0.5, 0.6) is 11.5 Å². The van der Waals surface area contributed by atoms with E-state index in [9.17, 15) is 13.6 Å². The van der Waals surface area contributed by atoms with Crippen molar-refractivity contribution in [3.8, 4) is 11.5 Å². The lowest BCUT2D eigenvalue weighted by Crippen LogP contribution is -2.66. The lowest BCUT2D eigenvalue weighted by Gasteiger charge is -2.72. The first-order chi connectivity index (χ1) is 21.3. The van der Waals surface area contributed by atoms with Gasteiger partial charge in [0.15, 0.2) is 0 Å². The van der Waals surface area contributed by atoms with Crippen molar-refractivity contribution in [1.82, 2.24) is 14.9 Å². The number of nitrogens with zero attached hydrogens (tertiary/aromatic N) is 3. The standard InChI is InChI=1S/C35H40F2N4O3/c1-43-31(42)27-4-3-25(16-29(27)44-26-15-23-6-10-38-30(23)39-18-26)41-13-11-40(12-14-41)19-24-5-9-33(7-2-8-33)17-28(24)34-20-35(21-34,22-34)32(36)37/h3-4,6,10,15-16,18,32H,2,5,7-9,11-14,17,19-22H2,1H3,(H,38,39). The van der Waals surface area contributed by atoms with Crippen LogP contribution < -0.4 is 9.64 Å². The van der Waals surface area contributed by atoms with Crippen molar-refractivity contribution >= 4 is 22.7 Å². The Hall–Kier alpha value is -3.46. The third kappa shape index (κ3) is 4.53. The van der Waals surface area contributed by atoms with Crippen LogP contribution in [0, 0.1) is 16.2 Å². The maximum absolute atomic E-state index is 13.7. The van der Waals surface area contributed by atoms with Crippen LogP contribution in [-0.2, 0) is 4.74 Å². The number of anilines is 1. The number of H-pyrrole nitrogens is 1. The normalized spacial score (nSPS) is 27.7. The summed E-state index contributed by atoms with van der Waals surface area (Å²) in [6.07, 6.45) is 10.9. The van der Waals surface area contributed by atoms with Crippen LogP contribution in [-0.4, -0.2) is 67.1 Å². The van der Waals surface area contributed by atoms with E-state index in [1.165, 1.54) is 32.8 Å². The van der Waals surface area contributed by atoms with Gasteiger partial charge in [0.25, 0.3) is 0 Å². The number of fused-ring (bicyclic) bond motifs is 1. The first-order valence-corrected chi connectivity index (χ1v) is 16.1. The minimum atomic E-state index is -2.17. The first kappa shape index (κ1) is 28.0. The second kappa shape index (κ2) is 10.3. The van der Waals surface area contributed by atoms with E-state index >= 15 is 0 Å². The van der Waals surface area contributed by atoms with E-state index in [0.29, 0.717) is 41.7 Å². The van der Waals surface area contributed by atoms with Crippen LogP contribution in [0.1, 0.15) is 68.1 Å². The zero-order valence-electron chi connectivity index (χ0n) is 25.3. The van der Waals surface area contributed by atoms with Crippen molar-refractivity contribution < 1.29 is 23.0 Å². The van der Waals surface area contributed by atoms with Gasteiger partial charge in [-0.3, -0.25) is 4.90 Å². The van der Waals surface area contributed by atoms with E-state index in [1.807, 2.05) is 30.5 Å². The molecule has 3 aromatic rings. The molecular weight excluding hydrogens is 562 g/mol. The van der Waals surface area contributed by atoms with Gasteiger partial charge in [-0.15, -0.1) is 0 Å². The first-order valence-electron chi connectivity index (χ1n) is 16.1. The second-order valence-corrected chi connectivity index (χ2v) is 14.2. The Bertz CT molecular complexity index is 1620.